The number of halogens is 1. The van der Waals surface area contributed by atoms with Gasteiger partial charge in [0.25, 0.3) is 0 Å². The van der Waals surface area contributed by atoms with Crippen LogP contribution in [0.3, 0.4) is 0 Å². The topological polar surface area (TPSA) is 43.1 Å². The summed E-state index contributed by atoms with van der Waals surface area (Å²) >= 11 is 3.08. The van der Waals surface area contributed by atoms with Crippen LogP contribution < -0.4 is 5.73 Å². The Hall–Kier alpha value is -0.490. The molecule has 2 aromatic heterocycles. The van der Waals surface area contributed by atoms with Crippen molar-refractivity contribution in [3.05, 3.63) is 44.3 Å². The van der Waals surface area contributed by atoms with Gasteiger partial charge in [-0.05, 0) is 36.5 Å². The monoisotopic (exact) mass is 317 g/mol. The van der Waals surface area contributed by atoms with Crippen molar-refractivity contribution in [1.29, 1.82) is 0 Å². The fourth-order valence-electron chi connectivity index (χ4n) is 1.31. The van der Waals surface area contributed by atoms with Crippen LogP contribution in [-0.2, 0) is 6.42 Å². The highest BCUT2D eigenvalue weighted by Gasteiger charge is 2.11. The van der Waals surface area contributed by atoms with E-state index in [0.29, 0.717) is 6.54 Å². The third kappa shape index (κ3) is 3.01. The number of hydrogen-bond acceptors (Lipinski definition) is 4. The van der Waals surface area contributed by atoms with E-state index >= 15 is 0 Å². The van der Waals surface area contributed by atoms with Crippen LogP contribution in [0.15, 0.2) is 29.0 Å². The molecule has 2 N–H and O–H groups in total. The molecular weight excluding hydrogens is 306 g/mol. The van der Waals surface area contributed by atoms with Crippen LogP contribution in [0.4, 0.5) is 0 Å². The van der Waals surface area contributed by atoms with E-state index in [4.69, 9.17) is 5.73 Å². The molecule has 2 heterocycles. The van der Waals surface area contributed by atoms with Crippen LogP contribution in [-0.4, -0.2) is 12.3 Å². The SMILES string of the molecule is Br.NCCc1ccc(C(=O)c2ccsc2)s1. The molecular formula is C11H12BrNOS2. The van der Waals surface area contributed by atoms with Crippen LogP contribution in [0, 0.1) is 0 Å². The van der Waals surface area contributed by atoms with E-state index in [1.807, 2.05) is 29.0 Å². The molecule has 0 fully saturated rings. The third-order valence-electron chi connectivity index (χ3n) is 2.06. The molecule has 0 bridgehead atoms. The van der Waals surface area contributed by atoms with E-state index < -0.39 is 0 Å². The maximum atomic E-state index is 11.9. The van der Waals surface area contributed by atoms with E-state index in [2.05, 4.69) is 0 Å². The lowest BCUT2D eigenvalue weighted by Gasteiger charge is -1.92. The summed E-state index contributed by atoms with van der Waals surface area (Å²) in [5.41, 5.74) is 6.24. The summed E-state index contributed by atoms with van der Waals surface area (Å²) in [5.74, 6) is 0.115. The maximum absolute atomic E-state index is 11.9. The first-order valence-electron chi connectivity index (χ1n) is 4.67. The number of ketones is 1. The number of hydrogen-bond donors (Lipinski definition) is 1. The Labute approximate surface area is 113 Å². The molecule has 0 saturated carbocycles. The summed E-state index contributed by atoms with van der Waals surface area (Å²) in [6.45, 7) is 0.632. The molecule has 0 radical (unpaired) electrons. The minimum Gasteiger partial charge on any atom is -0.330 e. The highest BCUT2D eigenvalue weighted by Crippen LogP contribution is 2.21. The van der Waals surface area contributed by atoms with Gasteiger partial charge in [-0.25, -0.2) is 0 Å². The highest BCUT2D eigenvalue weighted by molar-refractivity contribution is 8.93. The molecule has 2 aromatic rings. The first kappa shape index (κ1) is 13.6. The van der Waals surface area contributed by atoms with Gasteiger partial charge < -0.3 is 5.73 Å². The highest BCUT2D eigenvalue weighted by atomic mass is 79.9. The fourth-order valence-corrected chi connectivity index (χ4v) is 2.93. The molecule has 0 aliphatic heterocycles. The van der Waals surface area contributed by atoms with Gasteiger partial charge in [-0.3, -0.25) is 4.79 Å². The second-order valence-electron chi connectivity index (χ2n) is 3.15. The van der Waals surface area contributed by atoms with Gasteiger partial charge in [-0.2, -0.15) is 11.3 Å². The van der Waals surface area contributed by atoms with Gasteiger partial charge in [0.05, 0.1) is 4.88 Å². The zero-order valence-corrected chi connectivity index (χ0v) is 11.9. The molecule has 0 amide bonds. The summed E-state index contributed by atoms with van der Waals surface area (Å²) in [6.07, 6.45) is 0.849. The molecule has 0 aromatic carbocycles. The zero-order chi connectivity index (χ0) is 10.7. The average molecular weight is 318 g/mol. The normalized spacial score (nSPS) is 9.81. The zero-order valence-electron chi connectivity index (χ0n) is 8.51. The minimum absolute atomic E-state index is 0. The van der Waals surface area contributed by atoms with Gasteiger partial charge in [-0.1, -0.05) is 0 Å². The van der Waals surface area contributed by atoms with Crippen LogP contribution in [0.25, 0.3) is 0 Å². The third-order valence-corrected chi connectivity index (χ3v) is 3.89. The second-order valence-corrected chi connectivity index (χ2v) is 5.09. The fraction of sp³-hybridized carbons (Fsp3) is 0.182. The second kappa shape index (κ2) is 6.30. The largest absolute Gasteiger partial charge is 0.330 e. The summed E-state index contributed by atoms with van der Waals surface area (Å²) in [5, 5.41) is 3.80. The van der Waals surface area contributed by atoms with E-state index in [0.717, 1.165) is 16.9 Å². The van der Waals surface area contributed by atoms with Gasteiger partial charge in [0.2, 0.25) is 5.78 Å². The first-order chi connectivity index (χ1) is 7.31. The van der Waals surface area contributed by atoms with Gasteiger partial charge >= 0.3 is 0 Å². The smallest absolute Gasteiger partial charge is 0.203 e. The number of rotatable bonds is 4. The van der Waals surface area contributed by atoms with Crippen molar-refractivity contribution in [2.75, 3.05) is 6.54 Å². The lowest BCUT2D eigenvalue weighted by Crippen LogP contribution is -2.00. The maximum Gasteiger partial charge on any atom is 0.203 e. The Kier molecular flexibility index (Phi) is 5.34. The van der Waals surface area contributed by atoms with Crippen LogP contribution >= 0.6 is 39.7 Å². The molecule has 0 aliphatic rings. The standard InChI is InChI=1S/C11H11NOS2.BrH/c12-5-3-9-1-2-10(15-9)11(13)8-4-6-14-7-8;/h1-2,4,6-7H,3,5,12H2;1H. The molecule has 2 rings (SSSR count). The minimum atomic E-state index is 0. The molecule has 2 nitrogen and oxygen atoms in total. The number of carbonyl (C=O) groups is 1. The quantitative estimate of drug-likeness (QED) is 0.880. The predicted octanol–water partition coefficient (Wildman–Crippen LogP) is 3.12. The van der Waals surface area contributed by atoms with E-state index in [1.54, 1.807) is 11.3 Å². The first-order valence-corrected chi connectivity index (χ1v) is 6.43. The van der Waals surface area contributed by atoms with Crippen LogP contribution in [0.2, 0.25) is 0 Å². The van der Waals surface area contributed by atoms with E-state index in [1.165, 1.54) is 16.2 Å². The van der Waals surface area contributed by atoms with Crippen molar-refractivity contribution in [1.82, 2.24) is 0 Å². The molecule has 0 aliphatic carbocycles. The Balaban J connectivity index is 0.00000128. The Bertz CT molecular complexity index is 450. The summed E-state index contributed by atoms with van der Waals surface area (Å²) in [7, 11) is 0. The molecule has 0 spiro atoms. The van der Waals surface area contributed by atoms with Gasteiger partial charge in [0.1, 0.15) is 0 Å². The summed E-state index contributed by atoms with van der Waals surface area (Å²) < 4.78 is 0. The summed E-state index contributed by atoms with van der Waals surface area (Å²) in [4.78, 5) is 13.9. The number of thiophene rings is 2. The number of carbonyl (C=O) groups excluding carboxylic acids is 1. The van der Waals surface area contributed by atoms with Crippen molar-refractivity contribution in [2.24, 2.45) is 5.73 Å². The lowest BCUT2D eigenvalue weighted by molar-refractivity contribution is 0.104. The van der Waals surface area contributed by atoms with Gasteiger partial charge in [0, 0.05) is 15.8 Å². The van der Waals surface area contributed by atoms with Gasteiger partial charge in [0.15, 0.2) is 0 Å². The van der Waals surface area contributed by atoms with Crippen molar-refractivity contribution >= 4 is 45.4 Å². The molecule has 16 heavy (non-hydrogen) atoms. The summed E-state index contributed by atoms with van der Waals surface area (Å²) in [6, 6.07) is 5.72. The Morgan fingerprint density at radius 1 is 1.31 bits per heavy atom. The molecule has 86 valence electrons. The average Bonchev–Trinajstić information content (AvgIpc) is 2.87. The Morgan fingerprint density at radius 3 is 2.75 bits per heavy atom. The molecule has 0 unspecified atom stereocenters. The van der Waals surface area contributed by atoms with Crippen LogP contribution in [0.5, 0.6) is 0 Å². The molecule has 5 heteroatoms. The molecule has 0 saturated heterocycles. The van der Waals surface area contributed by atoms with E-state index in [-0.39, 0.29) is 22.8 Å². The van der Waals surface area contributed by atoms with E-state index in [9.17, 15) is 4.79 Å². The van der Waals surface area contributed by atoms with Crippen molar-refractivity contribution < 1.29 is 4.79 Å². The number of nitrogens with two attached hydrogens (primary N) is 1. The van der Waals surface area contributed by atoms with Gasteiger partial charge in [-0.15, -0.1) is 28.3 Å². The van der Waals surface area contributed by atoms with Crippen molar-refractivity contribution in [3.63, 3.8) is 0 Å². The molecule has 0 atom stereocenters. The van der Waals surface area contributed by atoms with Crippen molar-refractivity contribution in [3.8, 4) is 0 Å². The van der Waals surface area contributed by atoms with Crippen molar-refractivity contribution in [2.45, 2.75) is 6.42 Å². The lowest BCUT2D eigenvalue weighted by atomic mass is 10.2. The predicted molar refractivity (Wildman–Crippen MR) is 75.2 cm³/mol. The Morgan fingerprint density at radius 2 is 2.12 bits per heavy atom. The van der Waals surface area contributed by atoms with Crippen LogP contribution in [0.1, 0.15) is 20.1 Å².